The van der Waals surface area contributed by atoms with E-state index in [1.807, 2.05) is 60.7 Å². The molecule has 2 aromatic carbocycles. The Morgan fingerprint density at radius 2 is 1.67 bits per heavy atom. The maximum Gasteiger partial charge on any atom is 0.0521 e. The van der Waals surface area contributed by atoms with E-state index in [2.05, 4.69) is 5.32 Å². The van der Waals surface area contributed by atoms with Crippen molar-refractivity contribution < 1.29 is 9.90 Å². The molecule has 0 amide bonds. The monoisotopic (exact) mass is 280 g/mol. The quantitative estimate of drug-likeness (QED) is 0.935. The highest BCUT2D eigenvalue weighted by molar-refractivity contribution is 5.80. The van der Waals surface area contributed by atoms with Gasteiger partial charge in [0.15, 0.2) is 0 Å². The van der Waals surface area contributed by atoms with Gasteiger partial charge in [-0.2, -0.15) is 0 Å². The zero-order valence-electron chi connectivity index (χ0n) is 11.8. The van der Waals surface area contributed by atoms with Crippen LogP contribution in [0.15, 0.2) is 60.7 Å². The third-order valence-corrected chi connectivity index (χ3v) is 4.38. The van der Waals surface area contributed by atoms with Crippen molar-refractivity contribution in [3.05, 3.63) is 66.2 Å². The summed E-state index contributed by atoms with van der Waals surface area (Å²) in [6, 6.07) is 19.5. The first-order valence-corrected chi connectivity index (χ1v) is 7.29. The van der Waals surface area contributed by atoms with Crippen molar-refractivity contribution in [1.82, 2.24) is 0 Å². The van der Waals surface area contributed by atoms with E-state index in [-0.39, 0.29) is 6.04 Å². The number of benzene rings is 2. The molecule has 1 fully saturated rings. The molecule has 1 aliphatic rings. The maximum atomic E-state index is 11.8. The van der Waals surface area contributed by atoms with Gasteiger partial charge in [-0.3, -0.25) is 0 Å². The lowest BCUT2D eigenvalue weighted by Gasteiger charge is -2.31. The Kier molecular flexibility index (Phi) is 3.65. The summed E-state index contributed by atoms with van der Waals surface area (Å²) in [5.41, 5.74) is 1.01. The molecule has 0 heterocycles. The number of aliphatic carboxylic acids is 1. The van der Waals surface area contributed by atoms with Gasteiger partial charge in [0.25, 0.3) is 0 Å². The Bertz CT molecular complexity index is 612. The molecule has 0 saturated heterocycles. The van der Waals surface area contributed by atoms with Gasteiger partial charge in [0.2, 0.25) is 0 Å². The van der Waals surface area contributed by atoms with Gasteiger partial charge in [0.1, 0.15) is 0 Å². The van der Waals surface area contributed by atoms with Crippen LogP contribution in [0.1, 0.15) is 24.8 Å². The number of rotatable bonds is 4. The minimum atomic E-state index is -0.967. The van der Waals surface area contributed by atoms with E-state index in [0.717, 1.165) is 17.7 Å². The summed E-state index contributed by atoms with van der Waals surface area (Å²) in [6.07, 6.45) is 2.01. The van der Waals surface area contributed by atoms with Gasteiger partial charge in [-0.25, -0.2) is 0 Å². The number of carbonyl (C=O) groups excluding carboxylic acids is 1. The molecule has 2 aromatic rings. The van der Waals surface area contributed by atoms with E-state index in [9.17, 15) is 9.90 Å². The Hall–Kier alpha value is -2.29. The number of hydrogen-bond donors (Lipinski definition) is 1. The van der Waals surface area contributed by atoms with Crippen LogP contribution in [0.25, 0.3) is 0 Å². The number of carbonyl (C=O) groups is 1. The van der Waals surface area contributed by atoms with Crippen LogP contribution < -0.4 is 10.4 Å². The molecule has 108 valence electrons. The lowest BCUT2D eigenvalue weighted by Crippen LogP contribution is -2.44. The van der Waals surface area contributed by atoms with E-state index < -0.39 is 11.4 Å². The van der Waals surface area contributed by atoms with E-state index in [0.29, 0.717) is 12.8 Å². The number of carboxylic acids is 1. The zero-order chi connectivity index (χ0) is 14.7. The van der Waals surface area contributed by atoms with Crippen molar-refractivity contribution in [3.8, 4) is 0 Å². The summed E-state index contributed by atoms with van der Waals surface area (Å²) in [6.45, 7) is 0. The first-order chi connectivity index (χ1) is 10.2. The topological polar surface area (TPSA) is 52.2 Å². The number of anilines is 1. The van der Waals surface area contributed by atoms with Crippen molar-refractivity contribution in [1.29, 1.82) is 0 Å². The third-order valence-electron chi connectivity index (χ3n) is 4.38. The first-order valence-electron chi connectivity index (χ1n) is 7.29. The number of carboxylic acid groups (broad SMARTS) is 1. The van der Waals surface area contributed by atoms with Gasteiger partial charge < -0.3 is 15.2 Å². The van der Waals surface area contributed by atoms with Gasteiger partial charge in [0.05, 0.1) is 5.97 Å². The lowest BCUT2D eigenvalue weighted by atomic mass is 9.79. The van der Waals surface area contributed by atoms with Crippen LogP contribution in [0.2, 0.25) is 0 Å². The fraction of sp³-hybridized carbons (Fsp3) is 0.278. The lowest BCUT2D eigenvalue weighted by molar-refractivity contribution is -0.313. The average Bonchev–Trinajstić information content (AvgIpc) is 2.94. The number of nitrogens with one attached hydrogen (secondary N) is 1. The molecule has 3 heteroatoms. The van der Waals surface area contributed by atoms with Gasteiger partial charge >= 0.3 is 0 Å². The molecular weight excluding hydrogens is 262 g/mol. The molecule has 0 bridgehead atoms. The van der Waals surface area contributed by atoms with Crippen LogP contribution in [0.3, 0.4) is 0 Å². The van der Waals surface area contributed by atoms with Crippen molar-refractivity contribution in [2.75, 3.05) is 5.32 Å². The normalized spacial score (nSPS) is 24.7. The van der Waals surface area contributed by atoms with Crippen molar-refractivity contribution >= 4 is 11.7 Å². The molecule has 2 atom stereocenters. The van der Waals surface area contributed by atoms with Gasteiger partial charge in [0, 0.05) is 17.1 Å². The van der Waals surface area contributed by atoms with Crippen LogP contribution in [0.5, 0.6) is 0 Å². The van der Waals surface area contributed by atoms with Gasteiger partial charge in [-0.05, 0) is 37.0 Å². The number of hydrogen-bond acceptors (Lipinski definition) is 3. The summed E-state index contributed by atoms with van der Waals surface area (Å²) in [7, 11) is 0. The van der Waals surface area contributed by atoms with Gasteiger partial charge in [-0.15, -0.1) is 0 Å². The smallest absolute Gasteiger partial charge is 0.0521 e. The summed E-state index contributed by atoms with van der Waals surface area (Å²) < 4.78 is 0. The fourth-order valence-corrected chi connectivity index (χ4v) is 3.26. The molecule has 3 rings (SSSR count). The molecule has 1 N–H and O–H groups in total. The second kappa shape index (κ2) is 5.60. The Labute approximate surface area is 124 Å². The highest BCUT2D eigenvalue weighted by atomic mass is 16.4. The minimum absolute atomic E-state index is 0.158. The van der Waals surface area contributed by atoms with Crippen LogP contribution in [-0.2, 0) is 10.2 Å². The summed E-state index contributed by atoms with van der Waals surface area (Å²) in [4.78, 5) is 11.8. The second-order valence-electron chi connectivity index (χ2n) is 5.69. The van der Waals surface area contributed by atoms with E-state index in [1.54, 1.807) is 0 Å². The predicted octanol–water partition coefficient (Wildman–Crippen LogP) is 2.34. The van der Waals surface area contributed by atoms with Crippen molar-refractivity contribution in [3.63, 3.8) is 0 Å². The van der Waals surface area contributed by atoms with E-state index in [4.69, 9.17) is 0 Å². The SMILES string of the molecule is O=C([O-])[C@@]1(c2ccccc2)CC[C@@H](Nc2ccccc2)C1. The fourth-order valence-electron chi connectivity index (χ4n) is 3.26. The molecule has 3 nitrogen and oxygen atoms in total. The molecule has 0 spiro atoms. The summed E-state index contributed by atoms with van der Waals surface area (Å²) in [5, 5.41) is 15.2. The summed E-state index contributed by atoms with van der Waals surface area (Å²) in [5.74, 6) is -0.967. The molecule has 21 heavy (non-hydrogen) atoms. The van der Waals surface area contributed by atoms with Crippen LogP contribution in [-0.4, -0.2) is 12.0 Å². The van der Waals surface area contributed by atoms with Crippen molar-refractivity contribution in [2.24, 2.45) is 0 Å². The highest BCUT2D eigenvalue weighted by Gasteiger charge is 2.41. The van der Waals surface area contributed by atoms with Crippen LogP contribution >= 0.6 is 0 Å². The van der Waals surface area contributed by atoms with E-state index >= 15 is 0 Å². The molecule has 0 unspecified atom stereocenters. The largest absolute Gasteiger partial charge is 0.549 e. The molecule has 1 aliphatic carbocycles. The molecule has 1 saturated carbocycles. The highest BCUT2D eigenvalue weighted by Crippen LogP contribution is 2.41. The number of para-hydroxylation sites is 1. The molecule has 0 aromatic heterocycles. The zero-order valence-corrected chi connectivity index (χ0v) is 11.8. The van der Waals surface area contributed by atoms with Crippen LogP contribution in [0.4, 0.5) is 5.69 Å². The van der Waals surface area contributed by atoms with E-state index in [1.165, 1.54) is 0 Å². The maximum absolute atomic E-state index is 11.8. The van der Waals surface area contributed by atoms with Crippen molar-refractivity contribution in [2.45, 2.75) is 30.7 Å². The van der Waals surface area contributed by atoms with Gasteiger partial charge in [-0.1, -0.05) is 48.5 Å². The first kappa shape index (κ1) is 13.7. The second-order valence-corrected chi connectivity index (χ2v) is 5.69. The Morgan fingerprint density at radius 3 is 2.29 bits per heavy atom. The predicted molar refractivity (Wildman–Crippen MR) is 80.8 cm³/mol. The summed E-state index contributed by atoms with van der Waals surface area (Å²) >= 11 is 0. The standard InChI is InChI=1S/C18H19NO2/c20-17(21)18(14-7-3-1-4-8-14)12-11-16(13-18)19-15-9-5-2-6-10-15/h1-10,16,19H,11-13H2,(H,20,21)/p-1/t16-,18+/m1/s1. The minimum Gasteiger partial charge on any atom is -0.549 e. The van der Waals surface area contributed by atoms with Crippen LogP contribution in [0, 0.1) is 0 Å². The molecule has 0 radical (unpaired) electrons. The average molecular weight is 280 g/mol. The third kappa shape index (κ3) is 2.64. The molecular formula is C18H18NO2-. The Balaban J connectivity index is 1.81. The Morgan fingerprint density at radius 1 is 1.05 bits per heavy atom. The molecule has 0 aliphatic heterocycles.